The standard InChI is InChI=1S/C22H25N5O3/c1-14-18(15(2)30-25-14)8-9-20(28)26-11-10-16(13-26)21(29)19-12-24-27(22(19)23)17-6-4-3-5-7-17/h3-7,12,16H,8-11,13,23H2,1-2H3. The predicted octanol–water partition coefficient (Wildman–Crippen LogP) is 2.72. The zero-order valence-electron chi connectivity index (χ0n) is 17.2. The summed E-state index contributed by atoms with van der Waals surface area (Å²) in [6, 6.07) is 9.45. The van der Waals surface area contributed by atoms with Gasteiger partial charge >= 0.3 is 0 Å². The third-order valence-electron chi connectivity index (χ3n) is 5.75. The molecule has 30 heavy (non-hydrogen) atoms. The van der Waals surface area contributed by atoms with Crippen LogP contribution in [0.15, 0.2) is 41.1 Å². The van der Waals surface area contributed by atoms with Gasteiger partial charge < -0.3 is 15.2 Å². The highest BCUT2D eigenvalue weighted by atomic mass is 16.5. The van der Waals surface area contributed by atoms with Crippen LogP contribution in [-0.4, -0.2) is 44.6 Å². The third kappa shape index (κ3) is 3.72. The molecule has 4 rings (SSSR count). The molecular weight excluding hydrogens is 382 g/mol. The number of anilines is 1. The fourth-order valence-electron chi connectivity index (χ4n) is 3.99. The maximum absolute atomic E-state index is 13.0. The summed E-state index contributed by atoms with van der Waals surface area (Å²) >= 11 is 0. The zero-order chi connectivity index (χ0) is 21.3. The minimum Gasteiger partial charge on any atom is -0.383 e. The molecule has 1 aliphatic heterocycles. The second-order valence-corrected chi connectivity index (χ2v) is 7.68. The highest BCUT2D eigenvalue weighted by Crippen LogP contribution is 2.26. The van der Waals surface area contributed by atoms with E-state index in [1.54, 1.807) is 9.58 Å². The van der Waals surface area contributed by atoms with Gasteiger partial charge in [-0.1, -0.05) is 23.4 Å². The summed E-state index contributed by atoms with van der Waals surface area (Å²) in [6.07, 6.45) is 3.11. The highest BCUT2D eigenvalue weighted by molar-refractivity contribution is 6.02. The van der Waals surface area contributed by atoms with Crippen molar-refractivity contribution in [3.05, 3.63) is 59.1 Å². The molecular formula is C22H25N5O3. The number of carbonyl (C=O) groups is 2. The Bertz CT molecular complexity index is 1050. The molecule has 156 valence electrons. The number of amides is 1. The number of likely N-dealkylation sites (tertiary alicyclic amines) is 1. The molecule has 1 aliphatic rings. The van der Waals surface area contributed by atoms with Crippen molar-refractivity contribution in [2.45, 2.75) is 33.1 Å². The molecule has 8 heteroatoms. The lowest BCUT2D eigenvalue weighted by molar-refractivity contribution is -0.130. The Balaban J connectivity index is 1.39. The topological polar surface area (TPSA) is 107 Å². The number of aromatic nitrogens is 3. The second-order valence-electron chi connectivity index (χ2n) is 7.68. The number of benzene rings is 1. The number of rotatable bonds is 6. The number of hydrogen-bond donors (Lipinski definition) is 1. The number of carbonyl (C=O) groups excluding carboxylic acids is 2. The highest BCUT2D eigenvalue weighted by Gasteiger charge is 2.33. The minimum absolute atomic E-state index is 0.0400. The van der Waals surface area contributed by atoms with Crippen LogP contribution < -0.4 is 5.73 Å². The van der Waals surface area contributed by atoms with E-state index < -0.39 is 0 Å². The monoisotopic (exact) mass is 407 g/mol. The summed E-state index contributed by atoms with van der Waals surface area (Å²) in [5.41, 5.74) is 9.23. The van der Waals surface area contributed by atoms with Crippen molar-refractivity contribution in [2.75, 3.05) is 18.8 Å². The molecule has 0 saturated carbocycles. The van der Waals surface area contributed by atoms with Gasteiger partial charge in [0.1, 0.15) is 11.6 Å². The SMILES string of the molecule is Cc1noc(C)c1CCC(=O)N1CCC(C(=O)c2cnn(-c3ccccc3)c2N)C1. The van der Waals surface area contributed by atoms with Crippen molar-refractivity contribution in [2.24, 2.45) is 5.92 Å². The Kier molecular flexibility index (Phi) is 5.39. The van der Waals surface area contributed by atoms with Crippen molar-refractivity contribution >= 4 is 17.5 Å². The van der Waals surface area contributed by atoms with Crippen LogP contribution in [0.2, 0.25) is 0 Å². The van der Waals surface area contributed by atoms with Crippen molar-refractivity contribution in [1.29, 1.82) is 0 Å². The lowest BCUT2D eigenvalue weighted by Crippen LogP contribution is -2.30. The van der Waals surface area contributed by atoms with E-state index in [9.17, 15) is 9.59 Å². The van der Waals surface area contributed by atoms with Gasteiger partial charge in [0.15, 0.2) is 5.78 Å². The Morgan fingerprint density at radius 1 is 1.23 bits per heavy atom. The molecule has 2 aromatic heterocycles. The number of hydrogen-bond acceptors (Lipinski definition) is 6. The largest absolute Gasteiger partial charge is 0.383 e. The number of nitrogen functional groups attached to an aromatic ring is 1. The van der Waals surface area contributed by atoms with Crippen molar-refractivity contribution in [3.63, 3.8) is 0 Å². The molecule has 0 spiro atoms. The average molecular weight is 407 g/mol. The third-order valence-corrected chi connectivity index (χ3v) is 5.75. The summed E-state index contributed by atoms with van der Waals surface area (Å²) in [5.74, 6) is 0.799. The van der Waals surface area contributed by atoms with E-state index in [2.05, 4.69) is 10.3 Å². The summed E-state index contributed by atoms with van der Waals surface area (Å²) < 4.78 is 6.72. The number of aryl methyl sites for hydroxylation is 2. The van der Waals surface area contributed by atoms with Gasteiger partial charge in [0.05, 0.1) is 23.1 Å². The van der Waals surface area contributed by atoms with Crippen LogP contribution in [0.1, 0.15) is 40.2 Å². The van der Waals surface area contributed by atoms with Gasteiger partial charge in [0, 0.05) is 31.0 Å². The lowest BCUT2D eigenvalue weighted by Gasteiger charge is -2.16. The molecule has 1 fully saturated rings. The van der Waals surface area contributed by atoms with Gasteiger partial charge in [-0.2, -0.15) is 5.10 Å². The van der Waals surface area contributed by atoms with Crippen LogP contribution in [0.3, 0.4) is 0 Å². The summed E-state index contributed by atoms with van der Waals surface area (Å²) in [4.78, 5) is 27.4. The summed E-state index contributed by atoms with van der Waals surface area (Å²) in [6.45, 7) is 4.71. The van der Waals surface area contributed by atoms with Gasteiger partial charge in [-0.05, 0) is 38.8 Å². The van der Waals surface area contributed by atoms with E-state index in [1.165, 1.54) is 6.20 Å². The number of nitrogens with two attached hydrogens (primary N) is 1. The van der Waals surface area contributed by atoms with Gasteiger partial charge in [-0.25, -0.2) is 4.68 Å². The molecule has 1 unspecified atom stereocenters. The molecule has 3 aromatic rings. The van der Waals surface area contributed by atoms with Crippen molar-refractivity contribution in [1.82, 2.24) is 19.8 Å². The first-order chi connectivity index (χ1) is 14.5. The van der Waals surface area contributed by atoms with E-state index in [1.807, 2.05) is 44.2 Å². The molecule has 1 saturated heterocycles. The maximum Gasteiger partial charge on any atom is 0.222 e. The number of Topliss-reactive ketones (excluding diaryl/α,β-unsaturated/α-hetero) is 1. The van der Waals surface area contributed by atoms with Crippen LogP contribution in [0.25, 0.3) is 5.69 Å². The fourth-order valence-corrected chi connectivity index (χ4v) is 3.99. The van der Waals surface area contributed by atoms with Crippen LogP contribution in [-0.2, 0) is 11.2 Å². The van der Waals surface area contributed by atoms with E-state index >= 15 is 0 Å². The lowest BCUT2D eigenvalue weighted by atomic mass is 9.98. The predicted molar refractivity (Wildman–Crippen MR) is 111 cm³/mol. The number of para-hydroxylation sites is 1. The molecule has 0 aliphatic carbocycles. The molecule has 3 heterocycles. The minimum atomic E-state index is -0.260. The Hall–Kier alpha value is -3.42. The number of ketones is 1. The Morgan fingerprint density at radius 3 is 2.70 bits per heavy atom. The average Bonchev–Trinajstić information content (AvgIpc) is 3.46. The van der Waals surface area contributed by atoms with Crippen molar-refractivity contribution < 1.29 is 14.1 Å². The van der Waals surface area contributed by atoms with E-state index in [0.717, 1.165) is 22.7 Å². The summed E-state index contributed by atoms with van der Waals surface area (Å²) in [5, 5.41) is 8.21. The quantitative estimate of drug-likeness (QED) is 0.630. The van der Waals surface area contributed by atoms with E-state index in [-0.39, 0.29) is 17.6 Å². The molecule has 1 amide bonds. The van der Waals surface area contributed by atoms with Gasteiger partial charge in [0.2, 0.25) is 5.91 Å². The van der Waals surface area contributed by atoms with E-state index in [0.29, 0.717) is 43.7 Å². The maximum atomic E-state index is 13.0. The first-order valence-corrected chi connectivity index (χ1v) is 10.1. The van der Waals surface area contributed by atoms with Crippen molar-refractivity contribution in [3.8, 4) is 5.69 Å². The Morgan fingerprint density at radius 2 is 2.00 bits per heavy atom. The Labute approximate surface area is 174 Å². The first kappa shape index (κ1) is 19.9. The van der Waals surface area contributed by atoms with Crippen LogP contribution in [0.5, 0.6) is 0 Å². The number of nitrogens with zero attached hydrogens (tertiary/aromatic N) is 4. The summed E-state index contributed by atoms with van der Waals surface area (Å²) in [7, 11) is 0. The molecule has 0 radical (unpaired) electrons. The molecule has 8 nitrogen and oxygen atoms in total. The fraction of sp³-hybridized carbons (Fsp3) is 0.364. The second kappa shape index (κ2) is 8.14. The molecule has 2 N–H and O–H groups in total. The molecule has 0 bridgehead atoms. The van der Waals surface area contributed by atoms with Gasteiger partial charge in [-0.3, -0.25) is 9.59 Å². The van der Waals surface area contributed by atoms with Crippen LogP contribution in [0.4, 0.5) is 5.82 Å². The first-order valence-electron chi connectivity index (χ1n) is 10.1. The van der Waals surface area contributed by atoms with Gasteiger partial charge in [0.25, 0.3) is 0 Å². The zero-order valence-corrected chi connectivity index (χ0v) is 17.2. The van der Waals surface area contributed by atoms with Crippen LogP contribution in [0, 0.1) is 19.8 Å². The molecule has 1 aromatic carbocycles. The smallest absolute Gasteiger partial charge is 0.222 e. The normalized spacial score (nSPS) is 16.2. The van der Waals surface area contributed by atoms with Crippen LogP contribution >= 0.6 is 0 Å². The van der Waals surface area contributed by atoms with Gasteiger partial charge in [-0.15, -0.1) is 0 Å². The van der Waals surface area contributed by atoms with E-state index in [4.69, 9.17) is 10.3 Å². The molecule has 1 atom stereocenters.